The number of hydrogen-bond acceptors (Lipinski definition) is 6. The summed E-state index contributed by atoms with van der Waals surface area (Å²) in [4.78, 5) is -0.255. The molecule has 37 heavy (non-hydrogen) atoms. The first-order valence-corrected chi connectivity index (χ1v) is 14.8. The molecule has 4 aromatic rings. The third kappa shape index (κ3) is 6.92. The second-order valence-electron chi connectivity index (χ2n) is 8.43. The van der Waals surface area contributed by atoms with E-state index in [9.17, 15) is 25.9 Å². The standard InChI is InChI=1S/2C14H16O3S.Ca/c2*1-3-10-8-9-13-12(11(10)4-2)6-5-7-14(13)18(15,16)17;/h2*5-9H,3-4H2,1-2H3,(H,15,16,17);/q;;+2/p-2. The monoisotopic (exact) mass is 566 g/mol. The van der Waals surface area contributed by atoms with E-state index in [1.807, 2.05) is 38.1 Å². The predicted octanol–water partition coefficient (Wildman–Crippen LogP) is 5.36. The molecule has 0 amide bonds. The fourth-order valence-electron chi connectivity index (χ4n) is 4.81. The van der Waals surface area contributed by atoms with Crippen LogP contribution < -0.4 is 0 Å². The summed E-state index contributed by atoms with van der Waals surface area (Å²) in [6, 6.07) is 17.1. The molecular weight excluding hydrogens is 537 g/mol. The summed E-state index contributed by atoms with van der Waals surface area (Å²) in [5, 5.41) is 2.80. The first-order valence-electron chi connectivity index (χ1n) is 12.0. The van der Waals surface area contributed by atoms with Gasteiger partial charge in [0, 0.05) is 0 Å². The average molecular weight is 567 g/mol. The van der Waals surface area contributed by atoms with Gasteiger partial charge in [0.1, 0.15) is 20.2 Å². The molecule has 0 bridgehead atoms. The fraction of sp³-hybridized carbons (Fsp3) is 0.286. The van der Waals surface area contributed by atoms with Gasteiger partial charge in [0.2, 0.25) is 0 Å². The molecule has 4 rings (SSSR count). The molecule has 6 nitrogen and oxygen atoms in total. The third-order valence-electron chi connectivity index (χ3n) is 6.47. The number of aryl methyl sites for hydroxylation is 4. The number of hydrogen-bond donors (Lipinski definition) is 0. The molecule has 0 N–H and O–H groups in total. The summed E-state index contributed by atoms with van der Waals surface area (Å²) in [5.74, 6) is 0. The van der Waals surface area contributed by atoms with Crippen LogP contribution in [0.1, 0.15) is 49.9 Å². The van der Waals surface area contributed by atoms with E-state index >= 15 is 0 Å². The number of benzene rings is 4. The van der Waals surface area contributed by atoms with E-state index in [4.69, 9.17) is 0 Å². The molecule has 0 atom stereocenters. The quantitative estimate of drug-likeness (QED) is 0.229. The summed E-state index contributed by atoms with van der Waals surface area (Å²) in [7, 11) is -8.85. The van der Waals surface area contributed by atoms with Crippen molar-refractivity contribution < 1.29 is 25.9 Å². The van der Waals surface area contributed by atoms with Crippen molar-refractivity contribution in [1.29, 1.82) is 0 Å². The summed E-state index contributed by atoms with van der Waals surface area (Å²) in [5.41, 5.74) is 4.65. The van der Waals surface area contributed by atoms with E-state index in [1.54, 1.807) is 24.3 Å². The minimum Gasteiger partial charge on any atom is -0.744 e. The van der Waals surface area contributed by atoms with Crippen molar-refractivity contribution in [3.05, 3.63) is 82.9 Å². The largest absolute Gasteiger partial charge is 2.00 e. The van der Waals surface area contributed by atoms with Gasteiger partial charge in [-0.05, 0) is 81.6 Å². The summed E-state index contributed by atoms with van der Waals surface area (Å²) in [6.45, 7) is 8.20. The summed E-state index contributed by atoms with van der Waals surface area (Å²) < 4.78 is 67.5. The Morgan fingerprint density at radius 1 is 0.514 bits per heavy atom. The summed E-state index contributed by atoms with van der Waals surface area (Å²) in [6.07, 6.45) is 3.44. The SMILES string of the molecule is CCc1ccc2c(S(=O)(=O)[O-])cccc2c1CC.CCc1ccc2c(S(=O)(=O)[O-])cccc2c1CC.[Ca+2]. The molecule has 0 heterocycles. The van der Waals surface area contributed by atoms with Gasteiger partial charge < -0.3 is 9.11 Å². The minimum atomic E-state index is -4.42. The molecule has 4 aromatic carbocycles. The van der Waals surface area contributed by atoms with E-state index in [-0.39, 0.29) is 47.5 Å². The third-order valence-corrected chi connectivity index (χ3v) is 8.26. The van der Waals surface area contributed by atoms with Crippen LogP contribution in [0.15, 0.2) is 70.5 Å². The van der Waals surface area contributed by atoms with Crippen LogP contribution in [0, 0.1) is 0 Å². The first-order chi connectivity index (χ1) is 17.0. The zero-order valence-electron chi connectivity index (χ0n) is 21.6. The molecule has 0 spiro atoms. The van der Waals surface area contributed by atoms with Crippen LogP contribution >= 0.6 is 0 Å². The van der Waals surface area contributed by atoms with Gasteiger partial charge in [-0.1, -0.05) is 76.2 Å². The predicted molar refractivity (Wildman–Crippen MR) is 147 cm³/mol. The van der Waals surface area contributed by atoms with Crippen LogP contribution in [0.2, 0.25) is 0 Å². The smallest absolute Gasteiger partial charge is 0.744 e. The molecule has 192 valence electrons. The van der Waals surface area contributed by atoms with Gasteiger partial charge in [-0.15, -0.1) is 0 Å². The maximum atomic E-state index is 11.2. The van der Waals surface area contributed by atoms with E-state index < -0.39 is 20.2 Å². The van der Waals surface area contributed by atoms with E-state index in [2.05, 4.69) is 13.8 Å². The van der Waals surface area contributed by atoms with Crippen molar-refractivity contribution in [3.63, 3.8) is 0 Å². The zero-order valence-corrected chi connectivity index (χ0v) is 25.4. The number of fused-ring (bicyclic) bond motifs is 2. The minimum absolute atomic E-state index is 0. The van der Waals surface area contributed by atoms with Gasteiger partial charge in [-0.2, -0.15) is 0 Å². The molecule has 0 saturated carbocycles. The molecule has 0 fully saturated rings. The zero-order chi connectivity index (χ0) is 26.7. The second-order valence-corrected chi connectivity index (χ2v) is 11.1. The Bertz CT molecular complexity index is 1500. The Morgan fingerprint density at radius 3 is 1.14 bits per heavy atom. The Balaban J connectivity index is 0.000000253. The normalized spacial score (nSPS) is 11.6. The van der Waals surface area contributed by atoms with Crippen LogP contribution in [0.25, 0.3) is 21.5 Å². The first kappa shape index (κ1) is 31.7. The van der Waals surface area contributed by atoms with E-state index in [1.165, 1.54) is 23.3 Å². The van der Waals surface area contributed by atoms with E-state index in [0.717, 1.165) is 47.6 Å². The van der Waals surface area contributed by atoms with Crippen molar-refractivity contribution in [1.82, 2.24) is 0 Å². The van der Waals surface area contributed by atoms with Crippen LogP contribution in [-0.4, -0.2) is 63.7 Å². The van der Waals surface area contributed by atoms with Crippen LogP contribution in [0.3, 0.4) is 0 Å². The second kappa shape index (κ2) is 13.0. The van der Waals surface area contributed by atoms with E-state index in [0.29, 0.717) is 10.8 Å². The van der Waals surface area contributed by atoms with Crippen LogP contribution in [0.4, 0.5) is 0 Å². The van der Waals surface area contributed by atoms with Gasteiger partial charge in [-0.3, -0.25) is 0 Å². The van der Waals surface area contributed by atoms with Crippen molar-refractivity contribution in [2.45, 2.75) is 63.2 Å². The molecule has 9 heteroatoms. The van der Waals surface area contributed by atoms with Gasteiger partial charge in [-0.25, -0.2) is 16.8 Å². The Labute approximate surface area is 249 Å². The molecule has 0 aliphatic rings. The maximum absolute atomic E-state index is 11.2. The molecule has 0 radical (unpaired) electrons. The molecular formula is C28H30CaO6S2. The topological polar surface area (TPSA) is 114 Å². The van der Waals surface area contributed by atoms with Gasteiger partial charge >= 0.3 is 37.7 Å². The Morgan fingerprint density at radius 2 is 0.865 bits per heavy atom. The number of rotatable bonds is 6. The Kier molecular flexibility index (Phi) is 11.2. The van der Waals surface area contributed by atoms with Gasteiger partial charge in [0.25, 0.3) is 0 Å². The van der Waals surface area contributed by atoms with Crippen LogP contribution in [0.5, 0.6) is 0 Å². The van der Waals surface area contributed by atoms with Crippen molar-refractivity contribution in [3.8, 4) is 0 Å². The molecule has 0 aromatic heterocycles. The molecule has 0 aliphatic heterocycles. The Hall–Kier alpha value is -1.52. The van der Waals surface area contributed by atoms with Gasteiger partial charge in [0.05, 0.1) is 9.79 Å². The fourth-order valence-corrected chi connectivity index (χ4v) is 6.19. The maximum Gasteiger partial charge on any atom is 2.00 e. The van der Waals surface area contributed by atoms with Crippen LogP contribution in [-0.2, 0) is 45.9 Å². The molecule has 0 aliphatic carbocycles. The summed E-state index contributed by atoms with van der Waals surface area (Å²) >= 11 is 0. The van der Waals surface area contributed by atoms with Crippen molar-refractivity contribution >= 4 is 79.5 Å². The van der Waals surface area contributed by atoms with Crippen molar-refractivity contribution in [2.24, 2.45) is 0 Å². The molecule has 0 saturated heterocycles. The van der Waals surface area contributed by atoms with Gasteiger partial charge in [0.15, 0.2) is 0 Å². The van der Waals surface area contributed by atoms with Crippen molar-refractivity contribution in [2.75, 3.05) is 0 Å². The molecule has 0 unspecified atom stereocenters. The average Bonchev–Trinajstić information content (AvgIpc) is 2.85.